The van der Waals surface area contributed by atoms with E-state index in [2.05, 4.69) is 9.88 Å². The molecule has 1 aliphatic rings. The summed E-state index contributed by atoms with van der Waals surface area (Å²) in [6, 6.07) is 0.127. The van der Waals surface area contributed by atoms with Gasteiger partial charge in [-0.2, -0.15) is 0 Å². The van der Waals surface area contributed by atoms with Gasteiger partial charge < -0.3 is 0 Å². The molecule has 0 saturated heterocycles. The molecule has 1 fully saturated rings. The predicted octanol–water partition coefficient (Wildman–Crippen LogP) is 2.09. The zero-order valence-electron chi connectivity index (χ0n) is 8.98. The molecule has 2 rings (SSSR count). The van der Waals surface area contributed by atoms with Crippen LogP contribution in [0.2, 0.25) is 0 Å². The van der Waals surface area contributed by atoms with E-state index in [1.165, 1.54) is 6.42 Å². The fourth-order valence-corrected chi connectivity index (χ4v) is 2.76. The molecule has 0 spiro atoms. The number of thiazole rings is 1. The highest BCUT2D eigenvalue weighted by molar-refractivity contribution is 7.09. The maximum Gasteiger partial charge on any atom is 0.149 e. The highest BCUT2D eigenvalue weighted by atomic mass is 32.1. The summed E-state index contributed by atoms with van der Waals surface area (Å²) in [5, 5.41) is 3.07. The highest BCUT2D eigenvalue weighted by Gasteiger charge is 2.25. The molecule has 0 amide bonds. The second-order valence-electron chi connectivity index (χ2n) is 4.07. The van der Waals surface area contributed by atoms with E-state index in [0.29, 0.717) is 5.78 Å². The van der Waals surface area contributed by atoms with Crippen LogP contribution in [0.25, 0.3) is 0 Å². The van der Waals surface area contributed by atoms with Gasteiger partial charge in [-0.15, -0.1) is 11.3 Å². The van der Waals surface area contributed by atoms with Gasteiger partial charge in [0.2, 0.25) is 0 Å². The lowest BCUT2D eigenvalue weighted by Gasteiger charge is -2.29. The number of ketones is 1. The average Bonchev–Trinajstić information content (AvgIpc) is 2.71. The third-order valence-electron chi connectivity index (χ3n) is 2.92. The number of carbonyl (C=O) groups excluding carboxylic acids is 1. The molecule has 1 heterocycles. The SMILES string of the molecule is CN(Cc1nccs1)C1CCCCC1=O. The predicted molar refractivity (Wildman–Crippen MR) is 60.8 cm³/mol. The van der Waals surface area contributed by atoms with Crippen LogP contribution >= 0.6 is 11.3 Å². The lowest BCUT2D eigenvalue weighted by Crippen LogP contribution is -2.39. The van der Waals surface area contributed by atoms with E-state index in [0.717, 1.165) is 30.8 Å². The van der Waals surface area contributed by atoms with Crippen LogP contribution in [-0.4, -0.2) is 28.8 Å². The quantitative estimate of drug-likeness (QED) is 0.788. The van der Waals surface area contributed by atoms with Gasteiger partial charge in [0, 0.05) is 18.0 Å². The molecule has 1 aromatic rings. The monoisotopic (exact) mass is 224 g/mol. The van der Waals surface area contributed by atoms with Crippen molar-refractivity contribution in [3.63, 3.8) is 0 Å². The standard InChI is InChI=1S/C11H16N2OS/c1-13(8-11-12-6-7-15-11)9-4-2-3-5-10(9)14/h6-7,9H,2-5,8H2,1H3. The zero-order valence-corrected chi connectivity index (χ0v) is 9.80. The van der Waals surface area contributed by atoms with Crippen LogP contribution in [0, 0.1) is 0 Å². The second-order valence-corrected chi connectivity index (χ2v) is 5.05. The topological polar surface area (TPSA) is 33.2 Å². The Hall–Kier alpha value is -0.740. The molecule has 1 aliphatic carbocycles. The first-order valence-corrected chi connectivity index (χ1v) is 6.26. The van der Waals surface area contributed by atoms with E-state index in [-0.39, 0.29) is 6.04 Å². The van der Waals surface area contributed by atoms with Crippen molar-refractivity contribution in [1.29, 1.82) is 0 Å². The molecule has 0 aliphatic heterocycles. The van der Waals surface area contributed by atoms with Crippen molar-refractivity contribution < 1.29 is 4.79 Å². The minimum Gasteiger partial charge on any atom is -0.298 e. The van der Waals surface area contributed by atoms with Gasteiger partial charge >= 0.3 is 0 Å². The van der Waals surface area contributed by atoms with Crippen molar-refractivity contribution in [2.24, 2.45) is 0 Å². The van der Waals surface area contributed by atoms with Crippen molar-refractivity contribution >= 4 is 17.1 Å². The molecule has 4 heteroatoms. The minimum absolute atomic E-state index is 0.127. The fourth-order valence-electron chi connectivity index (χ4n) is 2.09. The van der Waals surface area contributed by atoms with E-state index in [9.17, 15) is 4.79 Å². The number of Topliss-reactive ketones (excluding diaryl/α,β-unsaturated/α-hetero) is 1. The van der Waals surface area contributed by atoms with E-state index >= 15 is 0 Å². The van der Waals surface area contributed by atoms with Crippen molar-refractivity contribution in [2.45, 2.75) is 38.3 Å². The first-order valence-electron chi connectivity index (χ1n) is 5.38. The van der Waals surface area contributed by atoms with Gasteiger partial charge in [0.25, 0.3) is 0 Å². The molecule has 1 aromatic heterocycles. The minimum atomic E-state index is 0.127. The summed E-state index contributed by atoms with van der Waals surface area (Å²) in [5.74, 6) is 0.403. The summed E-state index contributed by atoms with van der Waals surface area (Å²) in [6.07, 6.45) is 5.84. The van der Waals surface area contributed by atoms with E-state index in [4.69, 9.17) is 0 Å². The molecule has 3 nitrogen and oxygen atoms in total. The fraction of sp³-hybridized carbons (Fsp3) is 0.636. The van der Waals surface area contributed by atoms with Gasteiger partial charge in [-0.05, 0) is 19.9 Å². The molecule has 0 bridgehead atoms. The summed E-state index contributed by atoms with van der Waals surface area (Å²) >= 11 is 1.65. The number of hydrogen-bond acceptors (Lipinski definition) is 4. The van der Waals surface area contributed by atoms with Crippen molar-refractivity contribution in [2.75, 3.05) is 7.05 Å². The molecule has 1 saturated carbocycles. The molecule has 15 heavy (non-hydrogen) atoms. The van der Waals surface area contributed by atoms with Gasteiger partial charge in [0.05, 0.1) is 12.6 Å². The van der Waals surface area contributed by atoms with E-state index < -0.39 is 0 Å². The Labute approximate surface area is 94.1 Å². The smallest absolute Gasteiger partial charge is 0.149 e. The summed E-state index contributed by atoms with van der Waals surface area (Å²) in [5.41, 5.74) is 0. The lowest BCUT2D eigenvalue weighted by molar-refractivity contribution is -0.125. The normalized spacial score (nSPS) is 22.3. The summed E-state index contributed by atoms with van der Waals surface area (Å²) in [4.78, 5) is 18.1. The lowest BCUT2D eigenvalue weighted by atomic mass is 9.93. The molecule has 0 N–H and O–H groups in total. The Morgan fingerprint density at radius 1 is 1.60 bits per heavy atom. The van der Waals surface area contributed by atoms with Gasteiger partial charge in [0.15, 0.2) is 0 Å². The van der Waals surface area contributed by atoms with Crippen molar-refractivity contribution in [3.8, 4) is 0 Å². The molecular weight excluding hydrogens is 208 g/mol. The maximum absolute atomic E-state index is 11.7. The van der Waals surface area contributed by atoms with E-state index in [1.807, 2.05) is 18.6 Å². The summed E-state index contributed by atoms with van der Waals surface area (Å²) in [7, 11) is 2.02. The van der Waals surface area contributed by atoms with Crippen LogP contribution < -0.4 is 0 Å². The first kappa shape index (κ1) is 10.8. The Morgan fingerprint density at radius 3 is 3.13 bits per heavy atom. The molecule has 1 unspecified atom stereocenters. The van der Waals surface area contributed by atoms with Crippen molar-refractivity contribution in [3.05, 3.63) is 16.6 Å². The van der Waals surface area contributed by atoms with Crippen LogP contribution in [-0.2, 0) is 11.3 Å². The molecular formula is C11H16N2OS. The zero-order chi connectivity index (χ0) is 10.7. The van der Waals surface area contributed by atoms with Crippen LogP contribution in [0.4, 0.5) is 0 Å². The number of rotatable bonds is 3. The molecule has 0 aromatic carbocycles. The van der Waals surface area contributed by atoms with Gasteiger partial charge in [-0.3, -0.25) is 9.69 Å². The first-order chi connectivity index (χ1) is 7.27. The largest absolute Gasteiger partial charge is 0.298 e. The number of hydrogen-bond donors (Lipinski definition) is 0. The van der Waals surface area contributed by atoms with E-state index in [1.54, 1.807) is 11.3 Å². The Kier molecular flexibility index (Phi) is 3.49. The molecule has 82 valence electrons. The van der Waals surface area contributed by atoms with Gasteiger partial charge in [0.1, 0.15) is 10.8 Å². The van der Waals surface area contributed by atoms with Crippen LogP contribution in [0.5, 0.6) is 0 Å². The van der Waals surface area contributed by atoms with Crippen LogP contribution in [0.1, 0.15) is 30.7 Å². The summed E-state index contributed by atoms with van der Waals surface area (Å²) < 4.78 is 0. The van der Waals surface area contributed by atoms with Crippen LogP contribution in [0.15, 0.2) is 11.6 Å². The Morgan fingerprint density at radius 2 is 2.47 bits per heavy atom. The number of aromatic nitrogens is 1. The number of likely N-dealkylation sites (N-methyl/N-ethyl adjacent to an activating group) is 1. The number of nitrogens with zero attached hydrogens (tertiary/aromatic N) is 2. The highest BCUT2D eigenvalue weighted by Crippen LogP contribution is 2.20. The molecule has 0 radical (unpaired) electrons. The average molecular weight is 224 g/mol. The van der Waals surface area contributed by atoms with Crippen LogP contribution in [0.3, 0.4) is 0 Å². The third kappa shape index (κ3) is 2.63. The van der Waals surface area contributed by atoms with Gasteiger partial charge in [-0.1, -0.05) is 6.42 Å². The Bertz CT molecular complexity index is 323. The Balaban J connectivity index is 1.94. The van der Waals surface area contributed by atoms with Gasteiger partial charge in [-0.25, -0.2) is 4.98 Å². The molecule has 1 atom stereocenters. The third-order valence-corrected chi connectivity index (χ3v) is 3.69. The number of carbonyl (C=O) groups is 1. The summed E-state index contributed by atoms with van der Waals surface area (Å²) in [6.45, 7) is 0.800. The van der Waals surface area contributed by atoms with Crippen molar-refractivity contribution in [1.82, 2.24) is 9.88 Å². The second kappa shape index (κ2) is 4.86. The maximum atomic E-state index is 11.7.